The van der Waals surface area contributed by atoms with Gasteiger partial charge in [-0.15, -0.1) is 0 Å². The molecule has 2 rings (SSSR count). The SMILES string of the molecule is CB1OCc2c1ccc(C)c2C. The third-order valence-electron chi connectivity index (χ3n) is 2.82. The van der Waals surface area contributed by atoms with E-state index in [1.807, 2.05) is 0 Å². The molecule has 1 aromatic carbocycles. The number of benzene rings is 1. The summed E-state index contributed by atoms with van der Waals surface area (Å²) in [5.74, 6) is 0. The first-order chi connectivity index (χ1) is 5.70. The Balaban J connectivity index is 2.60. The van der Waals surface area contributed by atoms with Crippen LogP contribution < -0.4 is 5.46 Å². The quantitative estimate of drug-likeness (QED) is 0.524. The van der Waals surface area contributed by atoms with E-state index >= 15 is 0 Å². The van der Waals surface area contributed by atoms with Crippen LogP contribution >= 0.6 is 0 Å². The smallest absolute Gasteiger partial charge is 0.324 e. The van der Waals surface area contributed by atoms with E-state index in [9.17, 15) is 0 Å². The summed E-state index contributed by atoms with van der Waals surface area (Å²) < 4.78 is 5.56. The lowest BCUT2D eigenvalue weighted by atomic mass is 9.63. The minimum Gasteiger partial charge on any atom is -0.427 e. The summed E-state index contributed by atoms with van der Waals surface area (Å²) in [6.45, 7) is 7.53. The molecule has 2 heteroatoms. The molecule has 0 aliphatic carbocycles. The van der Waals surface area contributed by atoms with E-state index in [-0.39, 0.29) is 0 Å². The molecule has 0 saturated carbocycles. The van der Waals surface area contributed by atoms with Gasteiger partial charge in [-0.3, -0.25) is 0 Å². The second-order valence-electron chi connectivity index (χ2n) is 3.53. The van der Waals surface area contributed by atoms with Crippen molar-refractivity contribution in [3.8, 4) is 0 Å². The first-order valence-corrected chi connectivity index (χ1v) is 4.40. The maximum Gasteiger partial charge on any atom is 0.324 e. The molecule has 1 heterocycles. The van der Waals surface area contributed by atoms with Crippen molar-refractivity contribution >= 4 is 12.4 Å². The molecule has 1 aliphatic heterocycles. The summed E-state index contributed by atoms with van der Waals surface area (Å²) in [5, 5.41) is 0. The summed E-state index contributed by atoms with van der Waals surface area (Å²) in [5.41, 5.74) is 5.55. The van der Waals surface area contributed by atoms with Gasteiger partial charge in [0.2, 0.25) is 0 Å². The van der Waals surface area contributed by atoms with Crippen LogP contribution in [0.4, 0.5) is 0 Å². The van der Waals surface area contributed by atoms with E-state index in [0.717, 1.165) is 6.61 Å². The third-order valence-corrected chi connectivity index (χ3v) is 2.82. The van der Waals surface area contributed by atoms with E-state index in [4.69, 9.17) is 4.65 Å². The fraction of sp³-hybridized carbons (Fsp3) is 0.400. The number of fused-ring (bicyclic) bond motifs is 1. The van der Waals surface area contributed by atoms with Crippen molar-refractivity contribution < 1.29 is 4.65 Å². The lowest BCUT2D eigenvalue weighted by Crippen LogP contribution is -2.24. The van der Waals surface area contributed by atoms with E-state index in [1.165, 1.54) is 22.2 Å². The molecule has 0 amide bonds. The summed E-state index contributed by atoms with van der Waals surface area (Å²) >= 11 is 0. The van der Waals surface area contributed by atoms with Crippen molar-refractivity contribution in [2.75, 3.05) is 0 Å². The second-order valence-corrected chi connectivity index (χ2v) is 3.53. The van der Waals surface area contributed by atoms with Gasteiger partial charge in [-0.1, -0.05) is 19.0 Å². The van der Waals surface area contributed by atoms with Gasteiger partial charge in [0.15, 0.2) is 0 Å². The second kappa shape index (κ2) is 2.63. The molecule has 0 saturated heterocycles. The van der Waals surface area contributed by atoms with Crippen LogP contribution in [0, 0.1) is 13.8 Å². The average Bonchev–Trinajstić information content (AvgIpc) is 2.41. The normalized spacial score (nSPS) is 15.1. The lowest BCUT2D eigenvalue weighted by molar-refractivity contribution is 0.333. The molecule has 0 aromatic heterocycles. The molecule has 0 spiro atoms. The predicted molar refractivity (Wildman–Crippen MR) is 52.0 cm³/mol. The predicted octanol–water partition coefficient (Wildman–Crippen LogP) is 1.66. The molecule has 0 unspecified atom stereocenters. The molecular weight excluding hydrogens is 147 g/mol. The van der Waals surface area contributed by atoms with Crippen molar-refractivity contribution in [3.63, 3.8) is 0 Å². The van der Waals surface area contributed by atoms with E-state index < -0.39 is 0 Å². The van der Waals surface area contributed by atoms with Crippen LogP contribution in [0.2, 0.25) is 6.82 Å². The molecule has 0 fully saturated rings. The van der Waals surface area contributed by atoms with Crippen LogP contribution in [0.5, 0.6) is 0 Å². The van der Waals surface area contributed by atoms with Gasteiger partial charge in [-0.25, -0.2) is 0 Å². The topological polar surface area (TPSA) is 9.23 Å². The zero-order valence-corrected chi connectivity index (χ0v) is 7.85. The minimum absolute atomic E-state index is 0.291. The molecule has 0 N–H and O–H groups in total. The zero-order valence-electron chi connectivity index (χ0n) is 7.85. The van der Waals surface area contributed by atoms with Gasteiger partial charge in [-0.2, -0.15) is 0 Å². The Morgan fingerprint density at radius 2 is 2.08 bits per heavy atom. The highest BCUT2D eigenvalue weighted by atomic mass is 16.4. The molecule has 0 radical (unpaired) electrons. The molecular formula is C10H13BO. The Morgan fingerprint density at radius 3 is 2.83 bits per heavy atom. The molecule has 1 aliphatic rings. The fourth-order valence-corrected chi connectivity index (χ4v) is 1.77. The standard InChI is InChI=1S/C10H13BO/c1-7-4-5-10-9(8(7)2)6-12-11(10)3/h4-5H,6H2,1-3H3. The highest BCUT2D eigenvalue weighted by Crippen LogP contribution is 2.17. The average molecular weight is 160 g/mol. The van der Waals surface area contributed by atoms with Crippen LogP contribution in [0.25, 0.3) is 0 Å². The van der Waals surface area contributed by atoms with Crippen LogP contribution in [0.15, 0.2) is 12.1 Å². The molecule has 1 aromatic rings. The summed E-state index contributed by atoms with van der Waals surface area (Å²) in [4.78, 5) is 0. The molecule has 1 nitrogen and oxygen atoms in total. The van der Waals surface area contributed by atoms with Crippen molar-refractivity contribution in [3.05, 3.63) is 28.8 Å². The Kier molecular flexibility index (Phi) is 1.73. The van der Waals surface area contributed by atoms with E-state index in [0.29, 0.717) is 6.92 Å². The van der Waals surface area contributed by atoms with E-state index in [1.54, 1.807) is 0 Å². The summed E-state index contributed by atoms with van der Waals surface area (Å²) in [6, 6.07) is 4.37. The van der Waals surface area contributed by atoms with Gasteiger partial charge in [0.05, 0.1) is 6.61 Å². The largest absolute Gasteiger partial charge is 0.427 e. The van der Waals surface area contributed by atoms with Gasteiger partial charge in [-0.05, 0) is 36.0 Å². The first-order valence-electron chi connectivity index (χ1n) is 4.40. The number of hydrogen-bond acceptors (Lipinski definition) is 1. The number of hydrogen-bond donors (Lipinski definition) is 0. The molecule has 12 heavy (non-hydrogen) atoms. The van der Waals surface area contributed by atoms with Gasteiger partial charge in [0.1, 0.15) is 0 Å². The van der Waals surface area contributed by atoms with Gasteiger partial charge >= 0.3 is 6.92 Å². The summed E-state index contributed by atoms with van der Waals surface area (Å²) in [6.07, 6.45) is 0. The highest BCUT2D eigenvalue weighted by Gasteiger charge is 2.24. The van der Waals surface area contributed by atoms with Crippen molar-refractivity contribution in [2.24, 2.45) is 0 Å². The Labute approximate surface area is 73.9 Å². The van der Waals surface area contributed by atoms with Crippen LogP contribution in [0.3, 0.4) is 0 Å². The minimum atomic E-state index is 0.291. The van der Waals surface area contributed by atoms with Gasteiger partial charge in [0, 0.05) is 0 Å². The highest BCUT2D eigenvalue weighted by molar-refractivity contribution is 6.67. The Morgan fingerprint density at radius 1 is 1.33 bits per heavy atom. The zero-order chi connectivity index (χ0) is 8.72. The van der Waals surface area contributed by atoms with Gasteiger partial charge in [0.25, 0.3) is 0 Å². The van der Waals surface area contributed by atoms with Crippen LogP contribution in [-0.2, 0) is 11.3 Å². The maximum atomic E-state index is 5.56. The van der Waals surface area contributed by atoms with Gasteiger partial charge < -0.3 is 4.65 Å². The lowest BCUT2D eigenvalue weighted by Gasteiger charge is -2.05. The monoisotopic (exact) mass is 160 g/mol. The molecule has 0 bridgehead atoms. The number of rotatable bonds is 0. The van der Waals surface area contributed by atoms with Crippen LogP contribution in [-0.4, -0.2) is 6.92 Å². The third kappa shape index (κ3) is 0.986. The molecule has 0 atom stereocenters. The first kappa shape index (κ1) is 7.87. The Hall–Kier alpha value is -0.755. The summed E-state index contributed by atoms with van der Waals surface area (Å²) in [7, 11) is 0. The maximum absolute atomic E-state index is 5.56. The fourth-order valence-electron chi connectivity index (χ4n) is 1.77. The van der Waals surface area contributed by atoms with E-state index in [2.05, 4.69) is 32.8 Å². The molecule has 62 valence electrons. The van der Waals surface area contributed by atoms with Crippen molar-refractivity contribution in [2.45, 2.75) is 27.3 Å². The number of aryl methyl sites for hydroxylation is 1. The van der Waals surface area contributed by atoms with Crippen molar-refractivity contribution in [1.29, 1.82) is 0 Å². The van der Waals surface area contributed by atoms with Crippen LogP contribution in [0.1, 0.15) is 16.7 Å². The van der Waals surface area contributed by atoms with Crippen molar-refractivity contribution in [1.82, 2.24) is 0 Å². The Bertz CT molecular complexity index is 320.